The second-order valence-corrected chi connectivity index (χ2v) is 10.3. The number of nitrogens with one attached hydrogen (secondary N) is 1. The summed E-state index contributed by atoms with van der Waals surface area (Å²) in [4.78, 5) is 0. The number of nitrogens with two attached hydrogens (primary N) is 3. The van der Waals surface area contributed by atoms with Crippen molar-refractivity contribution in [3.8, 4) is 0 Å². The number of nitrogens with zero attached hydrogens (tertiary/aromatic N) is 2. The Morgan fingerprint density at radius 3 is 2.71 bits per heavy atom. The van der Waals surface area contributed by atoms with E-state index >= 15 is 0 Å². The highest BCUT2D eigenvalue weighted by Crippen LogP contribution is 2.50. The van der Waals surface area contributed by atoms with E-state index in [1.54, 1.807) is 17.8 Å². The molecule has 2 heterocycles. The van der Waals surface area contributed by atoms with Crippen molar-refractivity contribution in [3.05, 3.63) is 71.0 Å². The van der Waals surface area contributed by atoms with Gasteiger partial charge in [-0.1, -0.05) is 29.9 Å². The summed E-state index contributed by atoms with van der Waals surface area (Å²) in [5, 5.41) is 18.3. The van der Waals surface area contributed by atoms with Gasteiger partial charge in [0, 0.05) is 34.5 Å². The average molecular weight is 479 g/mol. The lowest BCUT2D eigenvalue weighted by Crippen LogP contribution is -2.39. The molecule has 8 nitrogen and oxygen atoms in total. The number of aliphatic hydroxyl groups is 1. The molecule has 4 aliphatic rings. The molecule has 2 fully saturated rings. The van der Waals surface area contributed by atoms with E-state index < -0.39 is 6.10 Å². The Labute approximate surface area is 207 Å². The van der Waals surface area contributed by atoms with Crippen LogP contribution in [-0.2, 0) is 4.74 Å². The maximum absolute atomic E-state index is 10.2. The second kappa shape index (κ2) is 10.0. The largest absolute Gasteiger partial charge is 0.398 e. The van der Waals surface area contributed by atoms with Gasteiger partial charge in [-0.3, -0.25) is 4.68 Å². The molecule has 5 rings (SSSR count). The van der Waals surface area contributed by atoms with Gasteiger partial charge < -0.3 is 32.4 Å². The lowest BCUT2D eigenvalue weighted by atomic mass is 9.78. The van der Waals surface area contributed by atoms with Crippen LogP contribution in [0.25, 0.3) is 5.57 Å². The predicted octanol–water partition coefficient (Wildman–Crippen LogP) is 2.22. The first-order valence-electron chi connectivity index (χ1n) is 12.8. The fourth-order valence-corrected chi connectivity index (χ4v) is 5.48. The Kier molecular flexibility index (Phi) is 6.86. The summed E-state index contributed by atoms with van der Waals surface area (Å²) in [6.07, 6.45) is 18.8. The lowest BCUT2D eigenvalue weighted by Gasteiger charge is -2.38. The van der Waals surface area contributed by atoms with E-state index in [9.17, 15) is 5.11 Å². The van der Waals surface area contributed by atoms with E-state index in [0.717, 1.165) is 44.3 Å². The molecule has 1 saturated carbocycles. The van der Waals surface area contributed by atoms with Gasteiger partial charge in [0.2, 0.25) is 0 Å². The van der Waals surface area contributed by atoms with Gasteiger partial charge >= 0.3 is 0 Å². The Balaban J connectivity index is 1.18. The van der Waals surface area contributed by atoms with Crippen molar-refractivity contribution in [1.82, 2.24) is 15.1 Å². The summed E-state index contributed by atoms with van der Waals surface area (Å²) < 4.78 is 8.28. The highest BCUT2D eigenvalue weighted by Gasteiger charge is 2.43. The molecule has 35 heavy (non-hydrogen) atoms. The molecule has 1 saturated heterocycles. The predicted molar refractivity (Wildman–Crippen MR) is 137 cm³/mol. The fourth-order valence-electron chi connectivity index (χ4n) is 5.48. The zero-order valence-electron chi connectivity index (χ0n) is 20.4. The van der Waals surface area contributed by atoms with E-state index in [1.165, 1.54) is 0 Å². The van der Waals surface area contributed by atoms with Gasteiger partial charge in [-0.25, -0.2) is 0 Å². The highest BCUT2D eigenvalue weighted by atomic mass is 16.5. The molecule has 1 aliphatic heterocycles. The SMILES string of the molecule is C[C@H](C1C=C1C1CC(OC2CCNCC2)C1)n1cc(C(/C=C(\N)C2=CC=CCC2O)=C(N)N)cn1. The van der Waals surface area contributed by atoms with Crippen molar-refractivity contribution in [2.75, 3.05) is 13.1 Å². The normalized spacial score (nSPS) is 29.7. The van der Waals surface area contributed by atoms with Gasteiger partial charge in [0.15, 0.2) is 0 Å². The van der Waals surface area contributed by atoms with Crippen LogP contribution in [0.15, 0.2) is 65.4 Å². The van der Waals surface area contributed by atoms with Crippen LogP contribution in [0, 0.1) is 11.8 Å². The minimum Gasteiger partial charge on any atom is -0.398 e. The smallest absolute Gasteiger partial charge is 0.102 e. The summed E-state index contributed by atoms with van der Waals surface area (Å²) in [5.74, 6) is 1.25. The van der Waals surface area contributed by atoms with Crippen LogP contribution in [0.4, 0.5) is 0 Å². The molecule has 1 aromatic rings. The van der Waals surface area contributed by atoms with E-state index in [0.29, 0.717) is 47.3 Å². The number of aliphatic hydroxyl groups excluding tert-OH is 1. The Morgan fingerprint density at radius 2 is 2.00 bits per heavy atom. The summed E-state index contributed by atoms with van der Waals surface area (Å²) in [6.45, 7) is 4.34. The first-order chi connectivity index (χ1) is 16.9. The minimum absolute atomic E-state index is 0.168. The van der Waals surface area contributed by atoms with Gasteiger partial charge in [-0.2, -0.15) is 5.10 Å². The molecular formula is C27H38N6O2. The molecule has 188 valence electrons. The number of aromatic nitrogens is 2. The molecule has 8 heteroatoms. The molecule has 3 atom stereocenters. The van der Waals surface area contributed by atoms with Crippen molar-refractivity contribution < 1.29 is 9.84 Å². The first kappa shape index (κ1) is 23.9. The molecule has 0 radical (unpaired) electrons. The van der Waals surface area contributed by atoms with Gasteiger partial charge in [-0.15, -0.1) is 0 Å². The molecule has 0 amide bonds. The third-order valence-corrected chi connectivity index (χ3v) is 7.81. The van der Waals surface area contributed by atoms with Crippen LogP contribution in [0.2, 0.25) is 0 Å². The summed E-state index contributed by atoms with van der Waals surface area (Å²) in [6, 6.07) is 0.220. The van der Waals surface area contributed by atoms with Gasteiger partial charge in [0.25, 0.3) is 0 Å². The van der Waals surface area contributed by atoms with Crippen molar-refractivity contribution in [2.24, 2.45) is 29.0 Å². The van der Waals surface area contributed by atoms with Crippen molar-refractivity contribution >= 4 is 5.57 Å². The van der Waals surface area contributed by atoms with E-state index in [2.05, 4.69) is 23.4 Å². The lowest BCUT2D eigenvalue weighted by molar-refractivity contribution is -0.0777. The molecule has 0 bridgehead atoms. The molecule has 2 unspecified atom stereocenters. The number of allylic oxidation sites excluding steroid dienone is 6. The molecule has 1 aromatic heterocycles. The first-order valence-corrected chi connectivity index (χ1v) is 12.8. The molecule has 0 aromatic carbocycles. The van der Waals surface area contributed by atoms with E-state index in [1.807, 2.05) is 29.1 Å². The topological polar surface area (TPSA) is 137 Å². The van der Waals surface area contributed by atoms with Gasteiger partial charge in [0.1, 0.15) is 5.82 Å². The van der Waals surface area contributed by atoms with Crippen molar-refractivity contribution in [2.45, 2.75) is 63.4 Å². The van der Waals surface area contributed by atoms with Gasteiger partial charge in [-0.05, 0) is 64.1 Å². The van der Waals surface area contributed by atoms with Crippen molar-refractivity contribution in [1.29, 1.82) is 0 Å². The standard InChI is InChI=1S/C27H38N6O2/c1-16(22-12-23(22)17-10-20(11-17)35-19-6-8-31-9-7-19)33-15-18(14-32-33)24(27(29)30)13-25(28)21-4-2-3-5-26(21)34/h2-4,12-17,19-20,22,26,31,34H,5-11,28-30H2,1H3/b25-13-/t16-,17?,20?,22?,26?/m1/s1. The summed E-state index contributed by atoms with van der Waals surface area (Å²) >= 11 is 0. The van der Waals surface area contributed by atoms with Crippen LogP contribution < -0.4 is 22.5 Å². The molecular weight excluding hydrogens is 440 g/mol. The minimum atomic E-state index is -0.630. The summed E-state index contributed by atoms with van der Waals surface area (Å²) in [5.41, 5.74) is 22.4. The van der Waals surface area contributed by atoms with Crippen LogP contribution in [0.5, 0.6) is 0 Å². The van der Waals surface area contributed by atoms with Crippen LogP contribution in [0.3, 0.4) is 0 Å². The summed E-state index contributed by atoms with van der Waals surface area (Å²) in [7, 11) is 0. The molecule has 0 spiro atoms. The highest BCUT2D eigenvalue weighted by molar-refractivity contribution is 5.76. The monoisotopic (exact) mass is 478 g/mol. The van der Waals surface area contributed by atoms with E-state index in [4.69, 9.17) is 21.9 Å². The number of hydrogen-bond donors (Lipinski definition) is 5. The molecule has 8 N–H and O–H groups in total. The number of ether oxygens (including phenoxy) is 1. The zero-order valence-corrected chi connectivity index (χ0v) is 20.4. The van der Waals surface area contributed by atoms with E-state index in [-0.39, 0.29) is 11.9 Å². The van der Waals surface area contributed by atoms with Gasteiger partial charge in [0.05, 0.1) is 30.6 Å². The third kappa shape index (κ3) is 5.24. The van der Waals surface area contributed by atoms with Crippen LogP contribution in [-0.4, -0.2) is 46.3 Å². The molecule has 3 aliphatic carbocycles. The Bertz CT molecular complexity index is 1080. The Hall–Kier alpha value is -2.81. The maximum Gasteiger partial charge on any atom is 0.102 e. The van der Waals surface area contributed by atoms with Crippen LogP contribution >= 0.6 is 0 Å². The fraction of sp³-hybridized carbons (Fsp3) is 0.519. The number of piperidine rings is 1. The number of rotatable bonds is 8. The maximum atomic E-state index is 10.2. The second-order valence-electron chi connectivity index (χ2n) is 10.3. The van der Waals surface area contributed by atoms with Crippen LogP contribution in [0.1, 0.15) is 50.6 Å². The van der Waals surface area contributed by atoms with Crippen molar-refractivity contribution in [3.63, 3.8) is 0 Å². The zero-order chi connectivity index (χ0) is 24.5. The Morgan fingerprint density at radius 1 is 1.23 bits per heavy atom. The third-order valence-electron chi connectivity index (χ3n) is 7.81. The average Bonchev–Trinajstić information content (AvgIpc) is 3.46. The number of hydrogen-bond acceptors (Lipinski definition) is 7. The quantitative estimate of drug-likeness (QED) is 0.285.